The van der Waals surface area contributed by atoms with Gasteiger partial charge >= 0.3 is 0 Å². The molecule has 0 unspecified atom stereocenters. The summed E-state index contributed by atoms with van der Waals surface area (Å²) < 4.78 is 6.78. The Labute approximate surface area is 161 Å². The molecule has 1 N–H and O–H groups in total. The molecular formula is C20H18N6O2. The number of hydrogen-bond donors (Lipinski definition) is 1. The first-order valence-corrected chi connectivity index (χ1v) is 8.86. The van der Waals surface area contributed by atoms with Gasteiger partial charge in [-0.15, -0.1) is 10.2 Å². The molecule has 0 atom stereocenters. The van der Waals surface area contributed by atoms with E-state index in [2.05, 4.69) is 25.6 Å². The van der Waals surface area contributed by atoms with E-state index in [1.54, 1.807) is 10.7 Å². The van der Waals surface area contributed by atoms with E-state index in [4.69, 9.17) is 4.74 Å². The average molecular weight is 374 g/mol. The fraction of sp³-hybridized carbons (Fsp3) is 0.150. The molecule has 0 fully saturated rings. The van der Waals surface area contributed by atoms with Crippen LogP contribution in [0.4, 0.5) is 5.69 Å². The van der Waals surface area contributed by atoms with Crippen LogP contribution in [0.1, 0.15) is 6.92 Å². The number of hydrogen-bond acceptors (Lipinski definition) is 6. The molecule has 8 heteroatoms. The molecule has 0 aliphatic carbocycles. The Hall–Kier alpha value is -3.65. The summed E-state index contributed by atoms with van der Waals surface area (Å²) in [5.74, 6) is 0.399. The smallest absolute Gasteiger partial charge is 0.250 e. The number of anilines is 1. The number of carbonyl (C=O) groups is 1. The minimum Gasteiger partial charge on any atom is -0.372 e. The normalized spacial score (nSPS) is 10.9. The van der Waals surface area contributed by atoms with E-state index in [1.807, 2.05) is 61.5 Å². The molecule has 0 spiro atoms. The van der Waals surface area contributed by atoms with Gasteiger partial charge < -0.3 is 10.1 Å². The highest BCUT2D eigenvalue weighted by Crippen LogP contribution is 2.21. The monoisotopic (exact) mass is 374 g/mol. The summed E-state index contributed by atoms with van der Waals surface area (Å²) in [6, 6.07) is 16.8. The van der Waals surface area contributed by atoms with Crippen molar-refractivity contribution in [1.29, 1.82) is 0 Å². The lowest BCUT2D eigenvalue weighted by atomic mass is 10.1. The Kier molecular flexibility index (Phi) is 5.03. The first kappa shape index (κ1) is 17.7. The van der Waals surface area contributed by atoms with Crippen LogP contribution >= 0.6 is 0 Å². The molecular weight excluding hydrogens is 356 g/mol. The van der Waals surface area contributed by atoms with Gasteiger partial charge in [-0.3, -0.25) is 9.78 Å². The molecule has 0 saturated heterocycles. The molecule has 1 amide bonds. The van der Waals surface area contributed by atoms with Crippen molar-refractivity contribution in [2.24, 2.45) is 0 Å². The predicted octanol–water partition coefficient (Wildman–Crippen LogP) is 2.83. The van der Waals surface area contributed by atoms with E-state index in [1.165, 1.54) is 0 Å². The third kappa shape index (κ3) is 3.72. The highest BCUT2D eigenvalue weighted by molar-refractivity contribution is 5.91. The van der Waals surface area contributed by atoms with Crippen molar-refractivity contribution in [2.75, 3.05) is 18.5 Å². The summed E-state index contributed by atoms with van der Waals surface area (Å²) in [6.45, 7) is 2.39. The van der Waals surface area contributed by atoms with Crippen LogP contribution in [0.15, 0.2) is 60.8 Å². The van der Waals surface area contributed by atoms with Crippen LogP contribution in [0, 0.1) is 0 Å². The molecule has 3 aromatic heterocycles. The van der Waals surface area contributed by atoms with Crippen LogP contribution in [-0.4, -0.2) is 43.9 Å². The summed E-state index contributed by atoms with van der Waals surface area (Å²) in [5, 5.41) is 15.8. The number of rotatable bonds is 6. The summed E-state index contributed by atoms with van der Waals surface area (Å²) in [5.41, 5.74) is 3.71. The average Bonchev–Trinajstić information content (AvgIpc) is 3.17. The number of aromatic nitrogens is 5. The van der Waals surface area contributed by atoms with Crippen molar-refractivity contribution in [3.05, 3.63) is 60.8 Å². The Morgan fingerprint density at radius 3 is 2.64 bits per heavy atom. The molecule has 0 aliphatic rings. The molecule has 0 bridgehead atoms. The number of fused-ring (bicyclic) bond motifs is 1. The van der Waals surface area contributed by atoms with Gasteiger partial charge in [-0.1, -0.05) is 18.2 Å². The second kappa shape index (κ2) is 7.93. The summed E-state index contributed by atoms with van der Waals surface area (Å²) >= 11 is 0. The van der Waals surface area contributed by atoms with Gasteiger partial charge in [0.15, 0.2) is 5.65 Å². The van der Waals surface area contributed by atoms with Gasteiger partial charge in [0, 0.05) is 24.1 Å². The Morgan fingerprint density at radius 2 is 1.89 bits per heavy atom. The fourth-order valence-corrected chi connectivity index (χ4v) is 2.71. The largest absolute Gasteiger partial charge is 0.372 e. The lowest BCUT2D eigenvalue weighted by molar-refractivity contribution is -0.120. The zero-order valence-corrected chi connectivity index (χ0v) is 15.2. The maximum atomic E-state index is 11.7. The number of nitrogens with zero attached hydrogens (tertiary/aromatic N) is 5. The van der Waals surface area contributed by atoms with E-state index in [-0.39, 0.29) is 12.5 Å². The van der Waals surface area contributed by atoms with Crippen LogP contribution in [0.2, 0.25) is 0 Å². The summed E-state index contributed by atoms with van der Waals surface area (Å²) in [6.07, 6.45) is 1.71. The number of amides is 1. The van der Waals surface area contributed by atoms with Gasteiger partial charge in [0.1, 0.15) is 12.3 Å². The second-order valence-electron chi connectivity index (χ2n) is 5.99. The first-order chi connectivity index (χ1) is 13.7. The highest BCUT2D eigenvalue weighted by Gasteiger charge is 2.11. The van der Waals surface area contributed by atoms with Crippen LogP contribution in [-0.2, 0) is 9.53 Å². The van der Waals surface area contributed by atoms with Crippen molar-refractivity contribution in [3.8, 4) is 22.8 Å². The molecule has 1 aromatic carbocycles. The second-order valence-corrected chi connectivity index (χ2v) is 5.99. The number of ether oxygens (including phenoxy) is 1. The van der Waals surface area contributed by atoms with E-state index in [0.717, 1.165) is 11.3 Å². The molecule has 28 heavy (non-hydrogen) atoms. The Balaban J connectivity index is 1.60. The fourth-order valence-electron chi connectivity index (χ4n) is 2.71. The third-order valence-electron chi connectivity index (χ3n) is 4.06. The third-order valence-corrected chi connectivity index (χ3v) is 4.06. The highest BCUT2D eigenvalue weighted by atomic mass is 16.5. The predicted molar refractivity (Wildman–Crippen MR) is 105 cm³/mol. The van der Waals surface area contributed by atoms with Gasteiger partial charge in [-0.05, 0) is 43.3 Å². The first-order valence-electron chi connectivity index (χ1n) is 8.86. The van der Waals surface area contributed by atoms with Gasteiger partial charge in [0.05, 0.1) is 5.69 Å². The van der Waals surface area contributed by atoms with E-state index in [0.29, 0.717) is 29.5 Å². The zero-order chi connectivity index (χ0) is 19.3. The number of pyridine rings is 1. The van der Waals surface area contributed by atoms with Gasteiger partial charge in [0.2, 0.25) is 11.7 Å². The molecule has 4 rings (SSSR count). The zero-order valence-electron chi connectivity index (χ0n) is 15.2. The summed E-state index contributed by atoms with van der Waals surface area (Å²) in [4.78, 5) is 16.1. The number of nitrogens with one attached hydrogen (secondary N) is 1. The van der Waals surface area contributed by atoms with Crippen molar-refractivity contribution in [2.45, 2.75) is 6.92 Å². The maximum Gasteiger partial charge on any atom is 0.250 e. The van der Waals surface area contributed by atoms with Crippen LogP contribution < -0.4 is 5.32 Å². The van der Waals surface area contributed by atoms with Crippen LogP contribution in [0.5, 0.6) is 0 Å². The molecule has 140 valence electrons. The standard InChI is InChI=1S/C20H18N6O2/c1-2-28-13-19(27)22-15-8-6-14(7-9-15)16-10-11-18-23-24-20(26(18)25-16)17-5-3-4-12-21-17/h3-12H,2,13H2,1H3,(H,22,27). The lowest BCUT2D eigenvalue weighted by Gasteiger charge is -2.07. The van der Waals surface area contributed by atoms with E-state index in [9.17, 15) is 4.79 Å². The summed E-state index contributed by atoms with van der Waals surface area (Å²) in [7, 11) is 0. The molecule has 3 heterocycles. The molecule has 0 aliphatic heterocycles. The minimum atomic E-state index is -0.182. The van der Waals surface area contributed by atoms with Crippen molar-refractivity contribution in [1.82, 2.24) is 24.8 Å². The minimum absolute atomic E-state index is 0.0421. The van der Waals surface area contributed by atoms with Crippen molar-refractivity contribution in [3.63, 3.8) is 0 Å². The lowest BCUT2D eigenvalue weighted by Crippen LogP contribution is -2.18. The molecule has 0 saturated carbocycles. The van der Waals surface area contributed by atoms with Gasteiger partial charge in [0.25, 0.3) is 0 Å². The topological polar surface area (TPSA) is 94.3 Å². The maximum absolute atomic E-state index is 11.7. The van der Waals surface area contributed by atoms with E-state index < -0.39 is 0 Å². The Bertz CT molecular complexity index is 1090. The van der Waals surface area contributed by atoms with E-state index >= 15 is 0 Å². The van der Waals surface area contributed by atoms with Crippen molar-refractivity contribution < 1.29 is 9.53 Å². The molecule has 4 aromatic rings. The molecule has 0 radical (unpaired) electrons. The SMILES string of the molecule is CCOCC(=O)Nc1ccc(-c2ccc3nnc(-c4ccccn4)n3n2)cc1. The van der Waals surface area contributed by atoms with Gasteiger partial charge in [-0.25, -0.2) is 0 Å². The van der Waals surface area contributed by atoms with Crippen LogP contribution in [0.3, 0.4) is 0 Å². The Morgan fingerprint density at radius 1 is 1.04 bits per heavy atom. The number of benzene rings is 1. The molecule has 8 nitrogen and oxygen atoms in total. The van der Waals surface area contributed by atoms with Crippen LogP contribution in [0.25, 0.3) is 28.4 Å². The quantitative estimate of drug-likeness (QED) is 0.558. The van der Waals surface area contributed by atoms with Gasteiger partial charge in [-0.2, -0.15) is 9.61 Å². The number of carbonyl (C=O) groups excluding carboxylic acids is 1. The van der Waals surface area contributed by atoms with Crippen molar-refractivity contribution >= 4 is 17.2 Å².